The highest BCUT2D eigenvalue weighted by Crippen LogP contribution is 2.33. The van der Waals surface area contributed by atoms with Crippen LogP contribution in [0.25, 0.3) is 16.9 Å². The summed E-state index contributed by atoms with van der Waals surface area (Å²) >= 11 is 0. The molecule has 5 rings (SSSR count). The third kappa shape index (κ3) is 8.11. The Labute approximate surface area is 267 Å². The summed E-state index contributed by atoms with van der Waals surface area (Å²) in [5.41, 5.74) is 0.631. The molecular weight excluding hydrogens is 649 g/mol. The molecule has 0 bridgehead atoms. The largest absolute Gasteiger partial charge is 0.448 e. The Kier molecular flexibility index (Phi) is 9.33. The van der Waals surface area contributed by atoms with Crippen molar-refractivity contribution in [3.63, 3.8) is 0 Å². The zero-order valence-electron chi connectivity index (χ0n) is 25.8. The van der Waals surface area contributed by atoms with E-state index in [-0.39, 0.29) is 34.7 Å². The van der Waals surface area contributed by atoms with E-state index in [4.69, 9.17) is 18.9 Å². The van der Waals surface area contributed by atoms with Gasteiger partial charge in [0.2, 0.25) is 0 Å². The van der Waals surface area contributed by atoms with Gasteiger partial charge in [-0.1, -0.05) is 43.7 Å². The van der Waals surface area contributed by atoms with Gasteiger partial charge in [0, 0.05) is 36.5 Å². The van der Waals surface area contributed by atoms with Crippen molar-refractivity contribution >= 4 is 22.1 Å². The van der Waals surface area contributed by atoms with Crippen LogP contribution in [-0.4, -0.2) is 66.2 Å². The van der Waals surface area contributed by atoms with E-state index in [0.29, 0.717) is 25.1 Å². The molecule has 2 aromatic heterocycles. The molecule has 2 aromatic carbocycles. The third-order valence-corrected chi connectivity index (χ3v) is 8.49. The van der Waals surface area contributed by atoms with E-state index in [1.165, 1.54) is 24.0 Å². The van der Waals surface area contributed by atoms with Crippen LogP contribution in [0.1, 0.15) is 38.4 Å². The Bertz CT molecular complexity index is 1810. The van der Waals surface area contributed by atoms with E-state index >= 15 is 0 Å². The average Bonchev–Trinajstić information content (AvgIpc) is 3.37. The van der Waals surface area contributed by atoms with E-state index in [2.05, 4.69) is 5.10 Å². The van der Waals surface area contributed by atoms with E-state index in [1.54, 1.807) is 43.1 Å². The van der Waals surface area contributed by atoms with Gasteiger partial charge in [-0.05, 0) is 43.7 Å². The van der Waals surface area contributed by atoms with Crippen molar-refractivity contribution in [1.82, 2.24) is 24.5 Å². The van der Waals surface area contributed by atoms with Crippen molar-refractivity contribution in [2.24, 2.45) is 11.8 Å². The normalized spacial score (nSPS) is 16.0. The number of nitrogens with one attached hydrogen (secondary N) is 1. The maximum atomic E-state index is 13.5. The van der Waals surface area contributed by atoms with Crippen molar-refractivity contribution < 1.29 is 50.1 Å². The van der Waals surface area contributed by atoms with E-state index in [0.717, 1.165) is 33.5 Å². The average molecular weight is 683 g/mol. The lowest BCUT2D eigenvalue weighted by Gasteiger charge is -2.14. The Morgan fingerprint density at radius 1 is 1.09 bits per heavy atom. The maximum absolute atomic E-state index is 13.5. The number of rotatable bonds is 11. The standard InChI is InChI=1S/C29H33F3N6O8S/c1-18(2)27(39)44-20(4)45-38-37(46-38)35-14-13-21(16-35)17-43-28(40)34-47(41,42)24-11-9-23(10-12-24)36-25(15-26(33-36)29(30,31)32)22-7-5-19(3)6-8-22/h5-12,15,18,20-21H,13-14,16-17H2,1-4H3,(H,34,40). The molecule has 4 aromatic rings. The summed E-state index contributed by atoms with van der Waals surface area (Å²) in [4.78, 5) is 30.4. The summed E-state index contributed by atoms with van der Waals surface area (Å²) in [6, 6.07) is 12.6. The fraction of sp³-hybridized carbons (Fsp3) is 0.414. The van der Waals surface area contributed by atoms with Crippen molar-refractivity contribution in [1.29, 1.82) is 0 Å². The molecule has 0 saturated carbocycles. The molecular formula is C29H33F3N6O8S. The van der Waals surface area contributed by atoms with E-state index < -0.39 is 40.2 Å². The minimum absolute atomic E-state index is 0.0868. The van der Waals surface area contributed by atoms with Gasteiger partial charge in [0.05, 0.1) is 28.8 Å². The summed E-state index contributed by atoms with van der Waals surface area (Å²) in [5.74, 6) is -0.891. The molecule has 1 aliphatic heterocycles. The highest BCUT2D eigenvalue weighted by molar-refractivity contribution is 7.90. The predicted octanol–water partition coefficient (Wildman–Crippen LogP) is 4.11. The number of esters is 1. The van der Waals surface area contributed by atoms with Crippen LogP contribution in [0, 0.1) is 18.8 Å². The Hall–Kier alpha value is -4.87. The molecule has 18 heteroatoms. The fourth-order valence-electron chi connectivity index (χ4n) is 4.62. The summed E-state index contributed by atoms with van der Waals surface area (Å²) in [5, 5.41) is 6.51. The molecule has 0 spiro atoms. The lowest BCUT2D eigenvalue weighted by atomic mass is 10.1. The number of aryl methyl sites for hydroxylation is 1. The predicted molar refractivity (Wildman–Crippen MR) is 158 cm³/mol. The molecule has 2 unspecified atom stereocenters. The summed E-state index contributed by atoms with van der Waals surface area (Å²) in [7, 11) is -4.37. The van der Waals surface area contributed by atoms with Crippen LogP contribution in [0.2, 0.25) is 0 Å². The van der Waals surface area contributed by atoms with Gasteiger partial charge in [-0.2, -0.15) is 22.9 Å². The van der Waals surface area contributed by atoms with Crippen molar-refractivity contribution in [3.8, 4) is 16.9 Å². The molecule has 1 N–H and O–H groups in total. The van der Waals surface area contributed by atoms with Gasteiger partial charge in [0.15, 0.2) is 5.69 Å². The van der Waals surface area contributed by atoms with Crippen LogP contribution >= 0.6 is 0 Å². The molecule has 14 nitrogen and oxygen atoms in total. The lowest BCUT2D eigenvalue weighted by molar-refractivity contribution is -0.184. The number of sulfonamides is 1. The monoisotopic (exact) mass is 682 g/mol. The van der Waals surface area contributed by atoms with Gasteiger partial charge in [0.25, 0.3) is 16.3 Å². The van der Waals surface area contributed by atoms with E-state index in [9.17, 15) is 31.2 Å². The van der Waals surface area contributed by atoms with Crippen LogP contribution in [0.3, 0.4) is 0 Å². The molecule has 1 amide bonds. The first kappa shape index (κ1) is 33.5. The molecule has 2 atom stereocenters. The Balaban J connectivity index is 1.15. The van der Waals surface area contributed by atoms with Crippen molar-refractivity contribution in [2.75, 3.05) is 24.7 Å². The number of hydrogen-bond donors (Lipinski definition) is 1. The molecule has 1 aliphatic rings. The second-order valence-electron chi connectivity index (χ2n) is 11.3. The summed E-state index contributed by atoms with van der Waals surface area (Å²) in [6.07, 6.45) is -6.18. The molecule has 254 valence electrons. The number of carbonyl (C=O) groups excluding carboxylic acids is 2. The van der Waals surface area contributed by atoms with Crippen molar-refractivity contribution in [3.05, 3.63) is 65.9 Å². The van der Waals surface area contributed by atoms with Crippen LogP contribution in [0.4, 0.5) is 18.0 Å². The summed E-state index contributed by atoms with van der Waals surface area (Å²) < 4.78 is 84.6. The lowest BCUT2D eigenvalue weighted by Crippen LogP contribution is -2.35. The molecule has 3 heterocycles. The first-order chi connectivity index (χ1) is 22.1. The number of aromatic nitrogens is 4. The molecule has 47 heavy (non-hydrogen) atoms. The smallest absolute Gasteiger partial charge is 0.435 e. The highest BCUT2D eigenvalue weighted by atomic mass is 32.2. The molecule has 1 fully saturated rings. The number of carbonyl (C=O) groups is 2. The SMILES string of the molecule is Cc1ccc(-c2cc(C(F)(F)F)nn2-c2ccc(S(=O)(=O)NC(=O)OCC3CCN(n4on4OC(C)OC(=O)C(C)C)C3)cc2)cc1. The van der Waals surface area contributed by atoms with Gasteiger partial charge < -0.3 is 14.3 Å². The zero-order valence-corrected chi connectivity index (χ0v) is 26.6. The number of ether oxygens (including phenoxy) is 2. The van der Waals surface area contributed by atoms with Gasteiger partial charge in [-0.25, -0.2) is 22.6 Å². The van der Waals surface area contributed by atoms with Crippen LogP contribution < -0.4 is 14.6 Å². The number of benzene rings is 2. The summed E-state index contributed by atoms with van der Waals surface area (Å²) in [6.45, 7) is 7.61. The number of amides is 1. The number of halogens is 3. The zero-order chi connectivity index (χ0) is 34.1. The Morgan fingerprint density at radius 3 is 2.40 bits per heavy atom. The van der Waals surface area contributed by atoms with Gasteiger partial charge >= 0.3 is 18.2 Å². The maximum Gasteiger partial charge on any atom is 0.435 e. The Morgan fingerprint density at radius 2 is 1.77 bits per heavy atom. The fourth-order valence-corrected chi connectivity index (χ4v) is 5.51. The topological polar surface area (TPSA) is 152 Å². The van der Waals surface area contributed by atoms with Gasteiger partial charge in [-0.15, -0.1) is 0 Å². The molecule has 0 radical (unpaired) electrons. The van der Waals surface area contributed by atoms with E-state index in [1.807, 2.05) is 11.6 Å². The minimum atomic E-state index is -4.70. The quantitative estimate of drug-likeness (QED) is 0.181. The van der Waals surface area contributed by atoms with Crippen LogP contribution in [0.15, 0.2) is 64.1 Å². The number of hydrogen-bond acceptors (Lipinski definition) is 10. The second kappa shape index (κ2) is 13.1. The van der Waals surface area contributed by atoms with Crippen LogP contribution in [-0.2, 0) is 30.5 Å². The van der Waals surface area contributed by atoms with Crippen LogP contribution in [0.5, 0.6) is 0 Å². The van der Waals surface area contributed by atoms with Gasteiger partial charge in [0.1, 0.15) is 5.02 Å². The first-order valence-electron chi connectivity index (χ1n) is 14.6. The third-order valence-electron chi connectivity index (χ3n) is 7.16. The molecule has 0 aliphatic carbocycles. The van der Waals surface area contributed by atoms with Crippen molar-refractivity contribution in [2.45, 2.75) is 51.5 Å². The first-order valence-corrected chi connectivity index (χ1v) is 16.0. The molecule has 1 saturated heterocycles. The van der Waals surface area contributed by atoms with Gasteiger partial charge in [-0.3, -0.25) is 9.80 Å². The highest BCUT2D eigenvalue weighted by Gasteiger charge is 2.36. The second-order valence-corrected chi connectivity index (χ2v) is 13.0. The number of nitrogens with zero attached hydrogens (tertiary/aromatic N) is 5. The number of alkyl halides is 3. The minimum Gasteiger partial charge on any atom is -0.448 e.